The predicted octanol–water partition coefficient (Wildman–Crippen LogP) is 2.22. The number of carboxylic acids is 1. The summed E-state index contributed by atoms with van der Waals surface area (Å²) < 4.78 is 50.1. The van der Waals surface area contributed by atoms with Gasteiger partial charge in [-0.2, -0.15) is 13.2 Å². The summed E-state index contributed by atoms with van der Waals surface area (Å²) in [6.07, 6.45) is -4.74. The number of benzene rings is 1. The molecule has 0 unspecified atom stereocenters. The number of alkyl halides is 3. The molecule has 0 heterocycles. The van der Waals surface area contributed by atoms with Gasteiger partial charge in [-0.1, -0.05) is 6.07 Å². The number of aryl methyl sites for hydroxylation is 1. The summed E-state index contributed by atoms with van der Waals surface area (Å²) in [4.78, 5) is 22.6. The summed E-state index contributed by atoms with van der Waals surface area (Å²) in [5.74, 6) is -3.56. The number of hydrogen-bond acceptors (Lipinski definition) is 2. The van der Waals surface area contributed by atoms with Crippen molar-refractivity contribution in [1.29, 1.82) is 0 Å². The highest BCUT2D eigenvalue weighted by atomic mass is 19.4. The summed E-state index contributed by atoms with van der Waals surface area (Å²) in [6, 6.07) is 3.06. The van der Waals surface area contributed by atoms with Gasteiger partial charge in [0.1, 0.15) is 18.9 Å². The van der Waals surface area contributed by atoms with E-state index >= 15 is 0 Å². The van der Waals surface area contributed by atoms with Crippen LogP contribution in [0.2, 0.25) is 0 Å². The highest BCUT2D eigenvalue weighted by Gasteiger charge is 2.34. The Morgan fingerprint density at radius 3 is 2.40 bits per heavy atom. The van der Waals surface area contributed by atoms with Crippen LogP contribution in [0.5, 0.6) is 0 Å². The number of nitrogens with zero attached hydrogens (tertiary/aromatic N) is 1. The first-order valence-corrected chi connectivity index (χ1v) is 5.44. The Balaban J connectivity index is 3.09. The number of carboxylic acid groups (broad SMARTS) is 1. The maximum Gasteiger partial charge on any atom is 0.406 e. The molecule has 1 N–H and O–H groups in total. The minimum absolute atomic E-state index is 0.115. The molecular formula is C12H11F4NO3. The lowest BCUT2D eigenvalue weighted by Gasteiger charge is -2.22. The third-order valence-electron chi connectivity index (χ3n) is 2.41. The molecule has 20 heavy (non-hydrogen) atoms. The highest BCUT2D eigenvalue weighted by Crippen LogP contribution is 2.19. The Bertz CT molecular complexity index is 528. The van der Waals surface area contributed by atoms with E-state index in [0.29, 0.717) is 0 Å². The smallest absolute Gasteiger partial charge is 0.406 e. The van der Waals surface area contributed by atoms with E-state index in [1.165, 1.54) is 13.0 Å². The molecule has 0 bridgehead atoms. The molecule has 0 saturated carbocycles. The van der Waals surface area contributed by atoms with E-state index in [1.807, 2.05) is 0 Å². The van der Waals surface area contributed by atoms with Crippen molar-refractivity contribution >= 4 is 11.9 Å². The van der Waals surface area contributed by atoms with Crippen molar-refractivity contribution < 1.29 is 32.3 Å². The van der Waals surface area contributed by atoms with Gasteiger partial charge in [0.2, 0.25) is 0 Å². The van der Waals surface area contributed by atoms with Crippen molar-refractivity contribution in [3.63, 3.8) is 0 Å². The number of rotatable bonds is 4. The van der Waals surface area contributed by atoms with Crippen LogP contribution in [0.15, 0.2) is 18.2 Å². The molecule has 1 aromatic carbocycles. The second-order valence-electron chi connectivity index (χ2n) is 4.13. The van der Waals surface area contributed by atoms with Crippen molar-refractivity contribution in [2.24, 2.45) is 0 Å². The molecular weight excluding hydrogens is 282 g/mol. The SMILES string of the molecule is Cc1ccc(F)cc1C(=O)N(CC(=O)O)CC(F)(F)F. The number of hydrogen-bond donors (Lipinski definition) is 1. The van der Waals surface area contributed by atoms with Gasteiger partial charge in [-0.25, -0.2) is 4.39 Å². The highest BCUT2D eigenvalue weighted by molar-refractivity contribution is 5.97. The molecule has 8 heteroatoms. The van der Waals surface area contributed by atoms with Crippen LogP contribution in [0.25, 0.3) is 0 Å². The molecule has 0 radical (unpaired) electrons. The van der Waals surface area contributed by atoms with Gasteiger partial charge in [0.15, 0.2) is 0 Å². The van der Waals surface area contributed by atoms with Crippen LogP contribution in [-0.4, -0.2) is 41.1 Å². The molecule has 4 nitrogen and oxygen atoms in total. The number of halogens is 4. The van der Waals surface area contributed by atoms with Crippen LogP contribution in [0.1, 0.15) is 15.9 Å². The van der Waals surface area contributed by atoms with Gasteiger partial charge >= 0.3 is 12.1 Å². The number of amides is 1. The summed E-state index contributed by atoms with van der Waals surface area (Å²) >= 11 is 0. The Labute approximate surface area is 111 Å². The van der Waals surface area contributed by atoms with E-state index < -0.39 is 37.0 Å². The Morgan fingerprint density at radius 2 is 1.90 bits per heavy atom. The van der Waals surface area contributed by atoms with E-state index in [1.54, 1.807) is 0 Å². The fourth-order valence-electron chi connectivity index (χ4n) is 1.57. The minimum atomic E-state index is -4.74. The first-order valence-electron chi connectivity index (χ1n) is 5.44. The summed E-state index contributed by atoms with van der Waals surface area (Å²) in [6.45, 7) is -1.42. The third-order valence-corrected chi connectivity index (χ3v) is 2.41. The first-order chi connectivity index (χ1) is 9.10. The zero-order valence-corrected chi connectivity index (χ0v) is 10.4. The van der Waals surface area contributed by atoms with Crippen LogP contribution in [0.4, 0.5) is 17.6 Å². The lowest BCUT2D eigenvalue weighted by molar-refractivity contribution is -0.149. The second kappa shape index (κ2) is 5.89. The van der Waals surface area contributed by atoms with Gasteiger partial charge in [-0.3, -0.25) is 9.59 Å². The van der Waals surface area contributed by atoms with Crippen molar-refractivity contribution in [3.05, 3.63) is 35.1 Å². The van der Waals surface area contributed by atoms with Crippen LogP contribution >= 0.6 is 0 Å². The normalized spacial score (nSPS) is 11.2. The topological polar surface area (TPSA) is 57.6 Å². The van der Waals surface area contributed by atoms with Gasteiger partial charge in [0.25, 0.3) is 5.91 Å². The van der Waals surface area contributed by atoms with Gasteiger partial charge in [-0.15, -0.1) is 0 Å². The predicted molar refractivity (Wildman–Crippen MR) is 60.7 cm³/mol. The van der Waals surface area contributed by atoms with Crippen molar-refractivity contribution in [2.45, 2.75) is 13.1 Å². The lowest BCUT2D eigenvalue weighted by Crippen LogP contribution is -2.42. The molecule has 0 atom stereocenters. The van der Waals surface area contributed by atoms with E-state index in [-0.39, 0.29) is 16.0 Å². The van der Waals surface area contributed by atoms with Crippen molar-refractivity contribution in [3.8, 4) is 0 Å². The second-order valence-corrected chi connectivity index (χ2v) is 4.13. The van der Waals surface area contributed by atoms with Crippen LogP contribution < -0.4 is 0 Å². The Morgan fingerprint density at radius 1 is 1.30 bits per heavy atom. The number of aliphatic carboxylic acids is 1. The average Bonchev–Trinajstić information content (AvgIpc) is 2.28. The van der Waals surface area contributed by atoms with E-state index in [4.69, 9.17) is 5.11 Å². The van der Waals surface area contributed by atoms with Crippen LogP contribution in [0, 0.1) is 12.7 Å². The molecule has 0 aliphatic carbocycles. The van der Waals surface area contributed by atoms with Crippen molar-refractivity contribution in [2.75, 3.05) is 13.1 Å². The monoisotopic (exact) mass is 293 g/mol. The molecule has 110 valence electrons. The zero-order valence-electron chi connectivity index (χ0n) is 10.4. The molecule has 0 aliphatic heterocycles. The summed E-state index contributed by atoms with van der Waals surface area (Å²) in [7, 11) is 0. The number of carbonyl (C=O) groups excluding carboxylic acids is 1. The van der Waals surface area contributed by atoms with E-state index in [2.05, 4.69) is 0 Å². The van der Waals surface area contributed by atoms with Gasteiger partial charge in [0, 0.05) is 5.56 Å². The van der Waals surface area contributed by atoms with Gasteiger partial charge in [-0.05, 0) is 24.6 Å². The molecule has 0 fully saturated rings. The molecule has 1 rings (SSSR count). The molecule has 0 saturated heterocycles. The summed E-state index contributed by atoms with van der Waals surface area (Å²) in [5.41, 5.74) is -0.0375. The average molecular weight is 293 g/mol. The Hall–Kier alpha value is -2.12. The molecule has 1 aromatic rings. The fraction of sp³-hybridized carbons (Fsp3) is 0.333. The van der Waals surface area contributed by atoms with Crippen LogP contribution in [-0.2, 0) is 4.79 Å². The quantitative estimate of drug-likeness (QED) is 0.866. The molecule has 0 aromatic heterocycles. The molecule has 1 amide bonds. The van der Waals surface area contributed by atoms with Gasteiger partial charge < -0.3 is 10.0 Å². The van der Waals surface area contributed by atoms with Crippen molar-refractivity contribution in [1.82, 2.24) is 4.90 Å². The maximum atomic E-state index is 13.1. The zero-order chi connectivity index (χ0) is 15.5. The third kappa shape index (κ3) is 4.52. The Kier molecular flexibility index (Phi) is 4.69. The lowest BCUT2D eigenvalue weighted by atomic mass is 10.1. The summed E-state index contributed by atoms with van der Waals surface area (Å²) in [5, 5.41) is 8.57. The fourth-order valence-corrected chi connectivity index (χ4v) is 1.57. The standard InChI is InChI=1S/C12H11F4NO3/c1-7-2-3-8(13)4-9(7)11(20)17(5-10(18)19)6-12(14,15)16/h2-4H,5-6H2,1H3,(H,18,19). The molecule has 0 aliphatic rings. The first kappa shape index (κ1) is 15.9. The van der Waals surface area contributed by atoms with E-state index in [0.717, 1.165) is 12.1 Å². The number of carbonyl (C=O) groups is 2. The van der Waals surface area contributed by atoms with Gasteiger partial charge in [0.05, 0.1) is 0 Å². The minimum Gasteiger partial charge on any atom is -0.480 e. The van der Waals surface area contributed by atoms with E-state index in [9.17, 15) is 27.2 Å². The maximum absolute atomic E-state index is 13.1. The van der Waals surface area contributed by atoms with Crippen LogP contribution in [0.3, 0.4) is 0 Å². The molecule has 0 spiro atoms. The largest absolute Gasteiger partial charge is 0.480 e.